The highest BCUT2D eigenvalue weighted by atomic mass is 19.1. The molecule has 0 spiro atoms. The summed E-state index contributed by atoms with van der Waals surface area (Å²) in [5.41, 5.74) is 2.24. The highest BCUT2D eigenvalue weighted by Crippen LogP contribution is 2.34. The van der Waals surface area contributed by atoms with Gasteiger partial charge in [-0.15, -0.1) is 10.2 Å². The summed E-state index contributed by atoms with van der Waals surface area (Å²) in [6, 6.07) is 4.65. The van der Waals surface area contributed by atoms with E-state index in [1.807, 2.05) is 6.07 Å². The Hall–Kier alpha value is -3.17. The molecule has 2 unspecified atom stereocenters. The van der Waals surface area contributed by atoms with Crippen molar-refractivity contribution in [3.8, 4) is 22.8 Å². The van der Waals surface area contributed by atoms with Gasteiger partial charge in [0.1, 0.15) is 17.6 Å². The summed E-state index contributed by atoms with van der Waals surface area (Å²) in [4.78, 5) is 8.26. The normalized spacial score (nSPS) is 27.4. The highest BCUT2D eigenvalue weighted by Gasteiger charge is 2.43. The molecular formula is C20H19FN6O2. The molecule has 0 radical (unpaired) electrons. The number of nitrogens with zero attached hydrogens (tertiary/aromatic N) is 5. The number of aromatic nitrogens is 5. The van der Waals surface area contributed by atoms with Crippen molar-refractivity contribution in [1.82, 2.24) is 30.0 Å². The van der Waals surface area contributed by atoms with Crippen molar-refractivity contribution >= 4 is 6.08 Å². The number of hydrogen-bond acceptors (Lipinski definition) is 7. The van der Waals surface area contributed by atoms with Gasteiger partial charge in [-0.05, 0) is 36.6 Å². The van der Waals surface area contributed by atoms with Gasteiger partial charge in [-0.25, -0.2) is 14.4 Å². The van der Waals surface area contributed by atoms with E-state index < -0.39 is 12.3 Å². The topological polar surface area (TPSA) is 109 Å². The van der Waals surface area contributed by atoms with Crippen molar-refractivity contribution in [3.05, 3.63) is 54.4 Å². The Morgan fingerprint density at radius 1 is 1.24 bits per heavy atom. The third-order valence-electron chi connectivity index (χ3n) is 5.49. The second-order valence-corrected chi connectivity index (χ2v) is 7.39. The molecule has 2 bridgehead atoms. The summed E-state index contributed by atoms with van der Waals surface area (Å²) in [6.07, 6.45) is 7.38. The van der Waals surface area contributed by atoms with Crippen LogP contribution in [0.3, 0.4) is 0 Å². The number of rotatable bonds is 3. The molecule has 9 heteroatoms. The van der Waals surface area contributed by atoms with Gasteiger partial charge in [-0.3, -0.25) is 0 Å². The molecule has 3 aromatic rings. The van der Waals surface area contributed by atoms with Gasteiger partial charge < -0.3 is 20.1 Å². The smallest absolute Gasteiger partial charge is 0.185 e. The summed E-state index contributed by atoms with van der Waals surface area (Å²) in [5.74, 6) is 0.302. The second kappa shape index (κ2) is 7.02. The van der Waals surface area contributed by atoms with Gasteiger partial charge in [0.25, 0.3) is 0 Å². The number of nitrogens with one attached hydrogen (secondary N) is 1. The van der Waals surface area contributed by atoms with Crippen LogP contribution in [0.2, 0.25) is 0 Å². The number of imidazole rings is 1. The predicted molar refractivity (Wildman–Crippen MR) is 103 cm³/mol. The van der Waals surface area contributed by atoms with Crippen LogP contribution in [0.1, 0.15) is 18.5 Å². The lowest BCUT2D eigenvalue weighted by Gasteiger charge is -2.27. The number of aliphatic hydroxyl groups is 1. The number of phenols is 1. The van der Waals surface area contributed by atoms with Gasteiger partial charge >= 0.3 is 0 Å². The lowest BCUT2D eigenvalue weighted by Crippen LogP contribution is -2.44. The van der Waals surface area contributed by atoms with Crippen LogP contribution in [0.15, 0.2) is 48.7 Å². The first-order valence-corrected chi connectivity index (χ1v) is 9.38. The van der Waals surface area contributed by atoms with E-state index in [1.165, 1.54) is 6.20 Å². The average Bonchev–Trinajstić information content (AvgIpc) is 3.36. The third kappa shape index (κ3) is 3.28. The second-order valence-electron chi connectivity index (χ2n) is 7.39. The van der Waals surface area contributed by atoms with Gasteiger partial charge in [0, 0.05) is 30.5 Å². The van der Waals surface area contributed by atoms with Gasteiger partial charge in [-0.1, -0.05) is 0 Å². The molecule has 8 nitrogen and oxygen atoms in total. The van der Waals surface area contributed by atoms with E-state index in [9.17, 15) is 14.6 Å². The van der Waals surface area contributed by atoms with Crippen LogP contribution in [0.25, 0.3) is 23.2 Å². The molecule has 2 aliphatic heterocycles. The Balaban J connectivity index is 1.38. The number of benzene rings is 1. The molecule has 4 atom stereocenters. The first kappa shape index (κ1) is 17.9. The van der Waals surface area contributed by atoms with Crippen LogP contribution >= 0.6 is 0 Å². The highest BCUT2D eigenvalue weighted by molar-refractivity contribution is 5.66. The summed E-state index contributed by atoms with van der Waals surface area (Å²) in [7, 11) is 0. The number of phenolic OH excluding ortho intramolecular Hbond substituents is 1. The fourth-order valence-corrected chi connectivity index (χ4v) is 3.99. The van der Waals surface area contributed by atoms with Gasteiger partial charge in [-0.2, -0.15) is 0 Å². The van der Waals surface area contributed by atoms with E-state index in [4.69, 9.17) is 0 Å². The Labute approximate surface area is 165 Å². The molecule has 0 aliphatic carbocycles. The molecule has 29 heavy (non-hydrogen) atoms. The number of aliphatic hydroxyl groups excluding tert-OH is 1. The number of piperidine rings is 1. The van der Waals surface area contributed by atoms with Crippen molar-refractivity contribution in [2.45, 2.75) is 37.2 Å². The van der Waals surface area contributed by atoms with Crippen LogP contribution in [-0.2, 0) is 0 Å². The van der Waals surface area contributed by atoms with Crippen LogP contribution in [-0.4, -0.2) is 59.3 Å². The van der Waals surface area contributed by atoms with Gasteiger partial charge in [0.2, 0.25) is 0 Å². The minimum absolute atomic E-state index is 0.0249. The quantitative estimate of drug-likeness (QED) is 0.620. The van der Waals surface area contributed by atoms with Crippen molar-refractivity contribution in [3.63, 3.8) is 0 Å². The molecule has 1 aromatic carbocycles. The van der Waals surface area contributed by atoms with Crippen LogP contribution in [0, 0.1) is 0 Å². The fourth-order valence-electron chi connectivity index (χ4n) is 3.99. The lowest BCUT2D eigenvalue weighted by molar-refractivity contribution is 0.160. The lowest BCUT2D eigenvalue weighted by atomic mass is 9.96. The number of alkyl halides is 1. The zero-order valence-electron chi connectivity index (χ0n) is 15.4. The molecule has 148 valence electrons. The Morgan fingerprint density at radius 2 is 2.14 bits per heavy atom. The minimum atomic E-state index is -1.16. The first-order chi connectivity index (χ1) is 14.1. The zero-order chi connectivity index (χ0) is 20.0. The Morgan fingerprint density at radius 3 is 2.86 bits per heavy atom. The van der Waals surface area contributed by atoms with Crippen molar-refractivity contribution in [2.75, 3.05) is 0 Å². The Kier molecular flexibility index (Phi) is 4.33. The van der Waals surface area contributed by atoms with E-state index >= 15 is 0 Å². The monoisotopic (exact) mass is 394 g/mol. The van der Waals surface area contributed by atoms with Gasteiger partial charge in [0.15, 0.2) is 5.82 Å². The Bertz CT molecular complexity index is 1050. The molecule has 0 amide bonds. The molecule has 2 aliphatic rings. The maximum Gasteiger partial charge on any atom is 0.185 e. The van der Waals surface area contributed by atoms with E-state index in [0.29, 0.717) is 29.7 Å². The predicted octanol–water partition coefficient (Wildman–Crippen LogP) is 1.65. The maximum atomic E-state index is 14.6. The molecule has 0 saturated carbocycles. The van der Waals surface area contributed by atoms with E-state index in [-0.39, 0.29) is 23.7 Å². The SMILES string of the molecule is Oc1cc(-n2ccnc2)ccc1-c1ncc(/C=C2\CC3NC(C[C@H]3O)[C@H]2F)nn1. The van der Waals surface area contributed by atoms with E-state index in [1.54, 1.807) is 41.5 Å². The first-order valence-electron chi connectivity index (χ1n) is 9.38. The van der Waals surface area contributed by atoms with Crippen LogP contribution in [0.4, 0.5) is 4.39 Å². The standard InChI is InChI=1S/C20H19FN6O2/c21-19-11(6-15-18(29)8-16(19)24-15)5-12-9-23-20(26-25-12)14-2-1-13(7-17(14)28)27-4-3-22-10-27/h1-5,7,9-10,15-16,18-19,24,28-29H,6,8H2/b11-5+/t15?,16?,18-,19+/m1/s1. The molecule has 2 fully saturated rings. The number of halogens is 1. The number of aromatic hydroxyl groups is 1. The number of hydrogen-bond donors (Lipinski definition) is 3. The molecule has 2 saturated heterocycles. The summed E-state index contributed by atoms with van der Waals surface area (Å²) < 4.78 is 16.4. The van der Waals surface area contributed by atoms with Crippen LogP contribution < -0.4 is 5.32 Å². The van der Waals surface area contributed by atoms with Crippen molar-refractivity contribution in [1.29, 1.82) is 0 Å². The summed E-state index contributed by atoms with van der Waals surface area (Å²) in [5, 5.41) is 31.6. The molecular weight excluding hydrogens is 375 g/mol. The molecule has 4 heterocycles. The summed E-state index contributed by atoms with van der Waals surface area (Å²) >= 11 is 0. The largest absolute Gasteiger partial charge is 0.507 e. The zero-order valence-corrected chi connectivity index (χ0v) is 15.4. The van der Waals surface area contributed by atoms with Crippen LogP contribution in [0.5, 0.6) is 5.75 Å². The van der Waals surface area contributed by atoms with Gasteiger partial charge in [0.05, 0.1) is 29.9 Å². The third-order valence-corrected chi connectivity index (χ3v) is 5.49. The fraction of sp³-hybridized carbons (Fsp3) is 0.300. The molecule has 5 rings (SSSR count). The average molecular weight is 394 g/mol. The molecule has 2 aromatic heterocycles. The minimum Gasteiger partial charge on any atom is -0.507 e. The van der Waals surface area contributed by atoms with E-state index in [2.05, 4.69) is 25.5 Å². The van der Waals surface area contributed by atoms with Crippen molar-refractivity contribution in [2.24, 2.45) is 0 Å². The number of fused-ring (bicyclic) bond motifs is 2. The van der Waals surface area contributed by atoms with Crippen molar-refractivity contribution < 1.29 is 14.6 Å². The summed E-state index contributed by atoms with van der Waals surface area (Å²) in [6.45, 7) is 0. The van der Waals surface area contributed by atoms with E-state index in [0.717, 1.165) is 5.69 Å². The molecule has 3 N–H and O–H groups in total. The maximum absolute atomic E-state index is 14.6.